The van der Waals surface area contributed by atoms with E-state index in [9.17, 15) is 14.4 Å². The van der Waals surface area contributed by atoms with Crippen LogP contribution in [0.5, 0.6) is 0 Å². The Balaban J connectivity index is 1.73. The van der Waals surface area contributed by atoms with Crippen LogP contribution in [0.3, 0.4) is 0 Å². The molecular weight excluding hydrogens is 362 g/mol. The van der Waals surface area contributed by atoms with Gasteiger partial charge in [0.15, 0.2) is 0 Å². The molecule has 0 bridgehead atoms. The second-order valence-corrected chi connectivity index (χ2v) is 7.37. The van der Waals surface area contributed by atoms with E-state index in [0.717, 1.165) is 12.8 Å². The van der Waals surface area contributed by atoms with Crippen molar-refractivity contribution in [2.45, 2.75) is 33.6 Å². The maximum Gasteiger partial charge on any atom is 0.340 e. The molecule has 1 aromatic rings. The first kappa shape index (κ1) is 20.4. The van der Waals surface area contributed by atoms with Gasteiger partial charge in [-0.2, -0.15) is 0 Å². The minimum absolute atomic E-state index is 0.104. The Morgan fingerprint density at radius 1 is 1.14 bits per heavy atom. The van der Waals surface area contributed by atoms with E-state index in [1.54, 1.807) is 25.7 Å². The zero-order valence-electron chi connectivity index (χ0n) is 16.9. The zero-order valence-corrected chi connectivity index (χ0v) is 16.9. The lowest BCUT2D eigenvalue weighted by atomic mass is 9.95. The van der Waals surface area contributed by atoms with Crippen LogP contribution in [0.2, 0.25) is 0 Å². The minimum atomic E-state index is -0.424. The average Bonchev–Trinajstić information content (AvgIpc) is 3.02. The van der Waals surface area contributed by atoms with Gasteiger partial charge in [0.2, 0.25) is 5.91 Å². The molecule has 2 amide bonds. The van der Waals surface area contributed by atoms with Gasteiger partial charge in [0.1, 0.15) is 5.69 Å². The lowest BCUT2D eigenvalue weighted by Gasteiger charge is -2.36. The molecule has 1 N–H and O–H groups in total. The number of aromatic nitrogens is 1. The summed E-state index contributed by atoms with van der Waals surface area (Å²) >= 11 is 0. The number of amides is 2. The van der Waals surface area contributed by atoms with Crippen molar-refractivity contribution in [2.24, 2.45) is 5.92 Å². The highest BCUT2D eigenvalue weighted by atomic mass is 16.5. The molecule has 0 radical (unpaired) electrons. The Hall–Kier alpha value is -2.35. The van der Waals surface area contributed by atoms with E-state index >= 15 is 0 Å². The van der Waals surface area contributed by atoms with Crippen molar-refractivity contribution >= 4 is 17.8 Å². The summed E-state index contributed by atoms with van der Waals surface area (Å²) in [6.45, 7) is 8.92. The highest BCUT2D eigenvalue weighted by molar-refractivity contribution is 6.00. The predicted molar refractivity (Wildman–Crippen MR) is 102 cm³/mol. The van der Waals surface area contributed by atoms with Crippen LogP contribution < -0.4 is 0 Å². The third-order valence-electron chi connectivity index (χ3n) is 5.51. The summed E-state index contributed by atoms with van der Waals surface area (Å²) in [4.78, 5) is 44.7. The molecule has 2 saturated heterocycles. The lowest BCUT2D eigenvalue weighted by Crippen LogP contribution is -2.49. The van der Waals surface area contributed by atoms with Gasteiger partial charge < -0.3 is 24.3 Å². The van der Waals surface area contributed by atoms with E-state index in [-0.39, 0.29) is 24.3 Å². The summed E-state index contributed by atoms with van der Waals surface area (Å²) in [5.74, 6) is -0.675. The van der Waals surface area contributed by atoms with Crippen molar-refractivity contribution in [1.82, 2.24) is 14.8 Å². The Bertz CT molecular complexity index is 751. The molecule has 0 aliphatic carbocycles. The second kappa shape index (κ2) is 8.77. The first-order chi connectivity index (χ1) is 13.4. The molecule has 1 aromatic heterocycles. The number of hydrogen-bond acceptors (Lipinski definition) is 5. The number of ether oxygens (including phenoxy) is 2. The first-order valence-electron chi connectivity index (χ1n) is 9.96. The number of carbonyl (C=O) groups excluding carboxylic acids is 3. The van der Waals surface area contributed by atoms with Crippen molar-refractivity contribution in [3.63, 3.8) is 0 Å². The number of morpholine rings is 1. The van der Waals surface area contributed by atoms with Crippen LogP contribution in [0.15, 0.2) is 0 Å². The van der Waals surface area contributed by atoms with Crippen LogP contribution in [-0.2, 0) is 14.3 Å². The summed E-state index contributed by atoms with van der Waals surface area (Å²) in [6, 6.07) is 0. The number of aromatic amines is 1. The van der Waals surface area contributed by atoms with Gasteiger partial charge in [0.05, 0.1) is 31.3 Å². The van der Waals surface area contributed by atoms with Gasteiger partial charge >= 0.3 is 5.97 Å². The van der Waals surface area contributed by atoms with E-state index in [0.29, 0.717) is 61.9 Å². The third-order valence-corrected chi connectivity index (χ3v) is 5.51. The smallest absolute Gasteiger partial charge is 0.340 e. The number of esters is 1. The molecule has 0 aromatic carbocycles. The van der Waals surface area contributed by atoms with E-state index in [1.807, 2.05) is 4.90 Å². The SMILES string of the molecule is CCOC(=O)c1c(C)[nH]c(C(=O)N2CCC[C@@H](C(=O)N3CCOCC3)C2)c1C. The van der Waals surface area contributed by atoms with Crippen LogP contribution in [0, 0.1) is 19.8 Å². The Kier molecular flexibility index (Phi) is 6.39. The highest BCUT2D eigenvalue weighted by Gasteiger charge is 2.34. The molecule has 1 atom stereocenters. The quantitative estimate of drug-likeness (QED) is 0.786. The van der Waals surface area contributed by atoms with E-state index < -0.39 is 5.97 Å². The van der Waals surface area contributed by atoms with Gasteiger partial charge in [-0.05, 0) is 39.2 Å². The molecule has 0 unspecified atom stereocenters. The number of nitrogens with one attached hydrogen (secondary N) is 1. The standard InChI is InChI=1S/C20H29N3O5/c1-4-28-20(26)16-13(2)17(21-14(16)3)19(25)23-7-5-6-15(12-23)18(24)22-8-10-27-11-9-22/h15,21H,4-12H2,1-3H3/t15-/m1/s1. The van der Waals surface area contributed by atoms with E-state index in [1.165, 1.54) is 0 Å². The van der Waals surface area contributed by atoms with Crippen LogP contribution >= 0.6 is 0 Å². The number of likely N-dealkylation sites (tertiary alicyclic amines) is 1. The molecule has 2 aliphatic heterocycles. The first-order valence-corrected chi connectivity index (χ1v) is 9.96. The van der Waals surface area contributed by atoms with Crippen molar-refractivity contribution < 1.29 is 23.9 Å². The highest BCUT2D eigenvalue weighted by Crippen LogP contribution is 2.24. The van der Waals surface area contributed by atoms with Crippen LogP contribution in [-0.4, -0.2) is 78.6 Å². The maximum absolute atomic E-state index is 13.1. The average molecular weight is 391 g/mol. The molecule has 154 valence electrons. The van der Waals surface area contributed by atoms with Gasteiger partial charge in [-0.25, -0.2) is 4.79 Å². The van der Waals surface area contributed by atoms with Gasteiger partial charge in [0.25, 0.3) is 5.91 Å². The molecule has 3 heterocycles. The Labute approximate surface area is 165 Å². The number of piperidine rings is 1. The zero-order chi connectivity index (χ0) is 20.3. The van der Waals surface area contributed by atoms with Gasteiger partial charge in [-0.3, -0.25) is 9.59 Å². The monoisotopic (exact) mass is 391 g/mol. The summed E-state index contributed by atoms with van der Waals surface area (Å²) in [5.41, 5.74) is 2.04. The molecule has 28 heavy (non-hydrogen) atoms. The molecule has 0 saturated carbocycles. The number of carbonyl (C=O) groups is 3. The minimum Gasteiger partial charge on any atom is -0.462 e. The summed E-state index contributed by atoms with van der Waals surface area (Å²) in [5, 5.41) is 0. The van der Waals surface area contributed by atoms with Crippen molar-refractivity contribution in [1.29, 1.82) is 0 Å². The molecule has 2 aliphatic rings. The fourth-order valence-corrected chi connectivity index (χ4v) is 4.04. The molecule has 8 heteroatoms. The summed E-state index contributed by atoms with van der Waals surface area (Å²) in [7, 11) is 0. The van der Waals surface area contributed by atoms with Crippen LogP contribution in [0.1, 0.15) is 51.9 Å². The fourth-order valence-electron chi connectivity index (χ4n) is 4.04. The lowest BCUT2D eigenvalue weighted by molar-refractivity contribution is -0.141. The van der Waals surface area contributed by atoms with E-state index in [2.05, 4.69) is 4.98 Å². The summed E-state index contributed by atoms with van der Waals surface area (Å²) < 4.78 is 10.4. The predicted octanol–water partition coefficient (Wildman–Crippen LogP) is 1.52. The second-order valence-electron chi connectivity index (χ2n) is 7.37. The van der Waals surface area contributed by atoms with Gasteiger partial charge in [-0.15, -0.1) is 0 Å². The van der Waals surface area contributed by atoms with Gasteiger partial charge in [-0.1, -0.05) is 0 Å². The van der Waals surface area contributed by atoms with Gasteiger partial charge in [0, 0.05) is 31.9 Å². The molecule has 3 rings (SSSR count). The number of rotatable bonds is 4. The summed E-state index contributed by atoms with van der Waals surface area (Å²) in [6.07, 6.45) is 1.58. The number of H-pyrrole nitrogens is 1. The Morgan fingerprint density at radius 2 is 1.86 bits per heavy atom. The molecule has 0 spiro atoms. The largest absolute Gasteiger partial charge is 0.462 e. The Morgan fingerprint density at radius 3 is 2.54 bits per heavy atom. The number of hydrogen-bond donors (Lipinski definition) is 1. The van der Waals surface area contributed by atoms with E-state index in [4.69, 9.17) is 9.47 Å². The molecule has 8 nitrogen and oxygen atoms in total. The van der Waals surface area contributed by atoms with Crippen LogP contribution in [0.25, 0.3) is 0 Å². The van der Waals surface area contributed by atoms with Crippen molar-refractivity contribution in [3.8, 4) is 0 Å². The topological polar surface area (TPSA) is 91.9 Å². The third kappa shape index (κ3) is 4.06. The fraction of sp³-hybridized carbons (Fsp3) is 0.650. The van der Waals surface area contributed by atoms with Crippen molar-refractivity contribution in [3.05, 3.63) is 22.5 Å². The van der Waals surface area contributed by atoms with Crippen LogP contribution in [0.4, 0.5) is 0 Å². The number of aryl methyl sites for hydroxylation is 1. The molecular formula is C20H29N3O5. The molecule has 2 fully saturated rings. The normalized spacial score (nSPS) is 20.2. The maximum atomic E-state index is 13.1. The van der Waals surface area contributed by atoms with Crippen molar-refractivity contribution in [2.75, 3.05) is 46.0 Å². The number of nitrogens with zero attached hydrogens (tertiary/aromatic N) is 2.